The number of hydrogen-bond acceptors (Lipinski definition) is 3. The van der Waals surface area contributed by atoms with Crippen molar-refractivity contribution >= 4 is 11.8 Å². The van der Waals surface area contributed by atoms with Crippen LogP contribution < -0.4 is 16.8 Å². The summed E-state index contributed by atoms with van der Waals surface area (Å²) >= 11 is 0. The third-order valence-electron chi connectivity index (χ3n) is 3.11. The Morgan fingerprint density at radius 3 is 2.32 bits per heavy atom. The molecule has 0 aliphatic heterocycles. The zero-order chi connectivity index (χ0) is 14.6. The maximum atomic E-state index is 11.3. The molecule has 0 spiro atoms. The summed E-state index contributed by atoms with van der Waals surface area (Å²) in [4.78, 5) is 22.3. The fraction of sp³-hybridized carbons (Fsp3) is 0.429. The molecule has 0 saturated heterocycles. The maximum absolute atomic E-state index is 11.3. The molecule has 0 saturated carbocycles. The zero-order valence-electron chi connectivity index (χ0n) is 11.6. The molecule has 0 aliphatic rings. The summed E-state index contributed by atoms with van der Waals surface area (Å²) in [5, 5.41) is 3.13. The molecule has 0 radical (unpaired) electrons. The van der Waals surface area contributed by atoms with Crippen molar-refractivity contribution in [3.63, 3.8) is 0 Å². The Kier molecular flexibility index (Phi) is 5.06. The van der Waals surface area contributed by atoms with Crippen LogP contribution in [0.1, 0.15) is 35.3 Å². The summed E-state index contributed by atoms with van der Waals surface area (Å²) in [6, 6.07) is 4.89. The van der Waals surface area contributed by atoms with E-state index >= 15 is 0 Å². The predicted molar refractivity (Wildman–Crippen MR) is 74.4 cm³/mol. The molecule has 5 N–H and O–H groups in total. The number of nitrogens with two attached hydrogens (primary N) is 2. The standard InChI is InChI=1S/C14H21N3O2/c1-8(2)12(14(16)19)17-7-11-5-4-10(13(15)18)6-9(11)3/h4-6,8,12,17H,7H2,1-3H3,(H2,15,18)(H2,16,19). The Hall–Kier alpha value is -1.88. The molecule has 1 aromatic rings. The van der Waals surface area contributed by atoms with Crippen molar-refractivity contribution in [1.82, 2.24) is 5.32 Å². The van der Waals surface area contributed by atoms with Gasteiger partial charge in [0.05, 0.1) is 6.04 Å². The molecule has 1 rings (SSSR count). The molecular formula is C14H21N3O2. The topological polar surface area (TPSA) is 98.2 Å². The number of hydrogen-bond donors (Lipinski definition) is 3. The largest absolute Gasteiger partial charge is 0.368 e. The third-order valence-corrected chi connectivity index (χ3v) is 3.11. The van der Waals surface area contributed by atoms with Gasteiger partial charge in [0, 0.05) is 12.1 Å². The third kappa shape index (κ3) is 4.06. The molecule has 0 bridgehead atoms. The van der Waals surface area contributed by atoms with Crippen molar-refractivity contribution in [2.75, 3.05) is 0 Å². The fourth-order valence-electron chi connectivity index (χ4n) is 1.93. The molecule has 0 aliphatic carbocycles. The van der Waals surface area contributed by atoms with Gasteiger partial charge in [-0.15, -0.1) is 0 Å². The minimum atomic E-state index is -0.445. The molecule has 5 heteroatoms. The van der Waals surface area contributed by atoms with Crippen LogP contribution in [0.2, 0.25) is 0 Å². The van der Waals surface area contributed by atoms with E-state index in [1.165, 1.54) is 0 Å². The van der Waals surface area contributed by atoms with Gasteiger partial charge in [0.1, 0.15) is 0 Å². The monoisotopic (exact) mass is 263 g/mol. The van der Waals surface area contributed by atoms with E-state index in [1.807, 2.05) is 26.8 Å². The van der Waals surface area contributed by atoms with Gasteiger partial charge in [-0.05, 0) is 36.1 Å². The minimum absolute atomic E-state index is 0.127. The number of primary amides is 2. The predicted octanol–water partition coefficient (Wildman–Crippen LogP) is 0.693. The first-order valence-electron chi connectivity index (χ1n) is 6.25. The van der Waals surface area contributed by atoms with Crippen LogP contribution in [-0.4, -0.2) is 17.9 Å². The molecule has 1 unspecified atom stereocenters. The van der Waals surface area contributed by atoms with Crippen LogP contribution in [0.4, 0.5) is 0 Å². The lowest BCUT2D eigenvalue weighted by Gasteiger charge is -2.19. The smallest absolute Gasteiger partial charge is 0.248 e. The maximum Gasteiger partial charge on any atom is 0.248 e. The summed E-state index contributed by atoms with van der Waals surface area (Å²) in [6.45, 7) is 6.30. The highest BCUT2D eigenvalue weighted by atomic mass is 16.1. The van der Waals surface area contributed by atoms with Crippen molar-refractivity contribution < 1.29 is 9.59 Å². The van der Waals surface area contributed by atoms with E-state index in [2.05, 4.69) is 5.32 Å². The lowest BCUT2D eigenvalue weighted by molar-refractivity contribution is -0.121. The van der Waals surface area contributed by atoms with Crippen molar-refractivity contribution in [3.8, 4) is 0 Å². The van der Waals surface area contributed by atoms with Gasteiger partial charge in [-0.2, -0.15) is 0 Å². The number of nitrogens with one attached hydrogen (secondary N) is 1. The van der Waals surface area contributed by atoms with Crippen LogP contribution in [0.3, 0.4) is 0 Å². The lowest BCUT2D eigenvalue weighted by atomic mass is 10.0. The van der Waals surface area contributed by atoms with Gasteiger partial charge in [-0.1, -0.05) is 19.9 Å². The average molecular weight is 263 g/mol. The second kappa shape index (κ2) is 6.33. The van der Waals surface area contributed by atoms with Gasteiger partial charge < -0.3 is 16.8 Å². The highest BCUT2D eigenvalue weighted by Gasteiger charge is 2.18. The summed E-state index contributed by atoms with van der Waals surface area (Å²) < 4.78 is 0. The normalized spacial score (nSPS) is 12.4. The van der Waals surface area contributed by atoms with E-state index in [0.29, 0.717) is 12.1 Å². The number of benzene rings is 1. The van der Waals surface area contributed by atoms with Gasteiger partial charge in [-0.25, -0.2) is 0 Å². The summed E-state index contributed by atoms with van der Waals surface area (Å²) in [5.41, 5.74) is 13.0. The van der Waals surface area contributed by atoms with Crippen LogP contribution in [0.15, 0.2) is 18.2 Å². The Labute approximate surface area is 113 Å². The number of carbonyl (C=O) groups is 2. The van der Waals surface area contributed by atoms with Gasteiger partial charge in [0.2, 0.25) is 11.8 Å². The van der Waals surface area contributed by atoms with Crippen molar-refractivity contribution in [1.29, 1.82) is 0 Å². The van der Waals surface area contributed by atoms with Crippen LogP contribution in [0, 0.1) is 12.8 Å². The Bertz CT molecular complexity index is 484. The van der Waals surface area contributed by atoms with E-state index in [4.69, 9.17) is 11.5 Å². The first-order chi connectivity index (χ1) is 8.82. The zero-order valence-corrected chi connectivity index (χ0v) is 11.6. The highest BCUT2D eigenvalue weighted by Crippen LogP contribution is 2.12. The SMILES string of the molecule is Cc1cc(C(N)=O)ccc1CNC(C(N)=O)C(C)C. The van der Waals surface area contributed by atoms with Crippen molar-refractivity contribution in [3.05, 3.63) is 34.9 Å². The first kappa shape index (κ1) is 15.2. The van der Waals surface area contributed by atoms with Crippen LogP contribution in [0.25, 0.3) is 0 Å². The van der Waals surface area contributed by atoms with Crippen LogP contribution in [-0.2, 0) is 11.3 Å². The number of carbonyl (C=O) groups excluding carboxylic acids is 2. The molecule has 0 aromatic heterocycles. The van der Waals surface area contributed by atoms with E-state index in [0.717, 1.165) is 11.1 Å². The van der Waals surface area contributed by atoms with Crippen LogP contribution >= 0.6 is 0 Å². The molecule has 104 valence electrons. The molecule has 0 heterocycles. The summed E-state index contributed by atoms with van der Waals surface area (Å²) in [5.74, 6) is -0.677. The van der Waals surface area contributed by atoms with E-state index < -0.39 is 5.91 Å². The average Bonchev–Trinajstić information content (AvgIpc) is 2.29. The Balaban J connectivity index is 2.78. The molecule has 19 heavy (non-hydrogen) atoms. The quantitative estimate of drug-likeness (QED) is 0.704. The molecule has 1 aromatic carbocycles. The second-order valence-corrected chi connectivity index (χ2v) is 5.01. The summed E-state index contributed by atoms with van der Waals surface area (Å²) in [6.07, 6.45) is 0. The lowest BCUT2D eigenvalue weighted by Crippen LogP contribution is -2.44. The Morgan fingerprint density at radius 2 is 1.89 bits per heavy atom. The summed E-state index contributed by atoms with van der Waals surface area (Å²) in [7, 11) is 0. The molecular weight excluding hydrogens is 242 g/mol. The molecule has 0 fully saturated rings. The van der Waals surface area contributed by atoms with Gasteiger partial charge in [-0.3, -0.25) is 9.59 Å². The van der Waals surface area contributed by atoms with Crippen LogP contribution in [0.5, 0.6) is 0 Å². The van der Waals surface area contributed by atoms with Gasteiger partial charge in [0.25, 0.3) is 0 Å². The molecule has 2 amide bonds. The number of amides is 2. The highest BCUT2D eigenvalue weighted by molar-refractivity contribution is 5.93. The Morgan fingerprint density at radius 1 is 1.26 bits per heavy atom. The van der Waals surface area contributed by atoms with Gasteiger partial charge >= 0.3 is 0 Å². The first-order valence-corrected chi connectivity index (χ1v) is 6.25. The van der Waals surface area contributed by atoms with E-state index in [-0.39, 0.29) is 17.9 Å². The fourth-order valence-corrected chi connectivity index (χ4v) is 1.93. The minimum Gasteiger partial charge on any atom is -0.368 e. The van der Waals surface area contributed by atoms with Gasteiger partial charge in [0.15, 0.2) is 0 Å². The van der Waals surface area contributed by atoms with Crippen molar-refractivity contribution in [2.24, 2.45) is 17.4 Å². The van der Waals surface area contributed by atoms with E-state index in [9.17, 15) is 9.59 Å². The number of rotatable bonds is 6. The molecule has 5 nitrogen and oxygen atoms in total. The van der Waals surface area contributed by atoms with E-state index in [1.54, 1.807) is 12.1 Å². The second-order valence-electron chi connectivity index (χ2n) is 5.01. The molecule has 1 atom stereocenters. The number of aryl methyl sites for hydroxylation is 1. The van der Waals surface area contributed by atoms with Crippen molar-refractivity contribution in [2.45, 2.75) is 33.4 Å².